The van der Waals surface area contributed by atoms with Crippen molar-refractivity contribution < 1.29 is 14.3 Å². The first-order chi connectivity index (χ1) is 6.38. The van der Waals surface area contributed by atoms with Crippen LogP contribution >= 0.6 is 11.8 Å². The van der Waals surface area contributed by atoms with E-state index in [2.05, 4.69) is 0 Å². The van der Waals surface area contributed by atoms with Crippen molar-refractivity contribution in [1.29, 1.82) is 0 Å². The highest BCUT2D eigenvalue weighted by Crippen LogP contribution is 2.26. The maximum Gasteiger partial charge on any atom is 0.167 e. The van der Waals surface area contributed by atoms with Gasteiger partial charge in [-0.25, -0.2) is 0 Å². The number of Topliss-reactive ketones (excluding diaryl/α,β-unsaturated/α-hetero) is 1. The molecule has 2 rings (SSSR count). The molecule has 0 amide bonds. The van der Waals surface area contributed by atoms with Gasteiger partial charge in [-0.2, -0.15) is 11.8 Å². The Morgan fingerprint density at radius 3 is 2.92 bits per heavy atom. The van der Waals surface area contributed by atoms with Gasteiger partial charge in [0, 0.05) is 11.7 Å². The van der Waals surface area contributed by atoms with Gasteiger partial charge in [-0.1, -0.05) is 0 Å². The molecule has 2 unspecified atom stereocenters. The van der Waals surface area contributed by atoms with Crippen LogP contribution in [-0.2, 0) is 14.3 Å². The summed E-state index contributed by atoms with van der Waals surface area (Å²) in [4.78, 5) is 11.8. The second kappa shape index (κ2) is 4.44. The third kappa shape index (κ3) is 2.24. The molecule has 0 N–H and O–H groups in total. The van der Waals surface area contributed by atoms with Crippen LogP contribution in [0.3, 0.4) is 0 Å². The summed E-state index contributed by atoms with van der Waals surface area (Å²) >= 11 is 1.86. The molecule has 74 valence electrons. The Kier molecular flexibility index (Phi) is 3.24. The highest BCUT2D eigenvalue weighted by atomic mass is 32.2. The highest BCUT2D eigenvalue weighted by molar-refractivity contribution is 7.99. The average molecular weight is 202 g/mol. The van der Waals surface area contributed by atoms with Crippen LogP contribution in [0, 0.1) is 5.92 Å². The number of carbonyl (C=O) groups is 1. The second-order valence-corrected chi connectivity index (χ2v) is 4.55. The van der Waals surface area contributed by atoms with Crippen molar-refractivity contribution in [2.24, 2.45) is 5.92 Å². The van der Waals surface area contributed by atoms with Gasteiger partial charge in [-0.15, -0.1) is 0 Å². The van der Waals surface area contributed by atoms with E-state index in [4.69, 9.17) is 9.47 Å². The molecular formula is C9H14O3S. The Labute approximate surface area is 82.2 Å². The van der Waals surface area contributed by atoms with E-state index in [9.17, 15) is 4.79 Å². The van der Waals surface area contributed by atoms with Gasteiger partial charge in [-0.3, -0.25) is 4.79 Å². The zero-order chi connectivity index (χ0) is 9.10. The monoisotopic (exact) mass is 202 g/mol. The summed E-state index contributed by atoms with van der Waals surface area (Å²) in [6.07, 6.45) is 0.737. The number of hydrogen-bond donors (Lipinski definition) is 0. The van der Waals surface area contributed by atoms with Crippen molar-refractivity contribution >= 4 is 17.5 Å². The predicted molar refractivity (Wildman–Crippen MR) is 51.0 cm³/mol. The molecule has 2 heterocycles. The van der Waals surface area contributed by atoms with Crippen LogP contribution < -0.4 is 0 Å². The van der Waals surface area contributed by atoms with Crippen LogP contribution in [0.15, 0.2) is 0 Å². The lowest BCUT2D eigenvalue weighted by atomic mass is 9.99. The molecular weight excluding hydrogens is 188 g/mol. The van der Waals surface area contributed by atoms with Crippen LogP contribution in [0.25, 0.3) is 0 Å². The molecule has 0 aliphatic carbocycles. The van der Waals surface area contributed by atoms with Gasteiger partial charge in [0.25, 0.3) is 0 Å². The number of ketones is 1. The smallest absolute Gasteiger partial charge is 0.167 e. The molecule has 2 atom stereocenters. The molecule has 2 fully saturated rings. The SMILES string of the molecule is O=C(C1CCSC1)C1COCCO1. The van der Waals surface area contributed by atoms with Crippen molar-refractivity contribution in [2.45, 2.75) is 12.5 Å². The summed E-state index contributed by atoms with van der Waals surface area (Å²) in [5.41, 5.74) is 0. The largest absolute Gasteiger partial charge is 0.376 e. The van der Waals surface area contributed by atoms with Crippen molar-refractivity contribution in [1.82, 2.24) is 0 Å². The first-order valence-corrected chi connectivity index (χ1v) is 5.84. The van der Waals surface area contributed by atoms with E-state index in [-0.39, 0.29) is 17.8 Å². The van der Waals surface area contributed by atoms with Crippen molar-refractivity contribution in [2.75, 3.05) is 31.3 Å². The topological polar surface area (TPSA) is 35.5 Å². The molecule has 0 aromatic rings. The van der Waals surface area contributed by atoms with Gasteiger partial charge in [0.1, 0.15) is 6.10 Å². The summed E-state index contributed by atoms with van der Waals surface area (Å²) < 4.78 is 10.6. The molecule has 2 saturated heterocycles. The minimum Gasteiger partial charge on any atom is -0.376 e. The predicted octanol–water partition coefficient (Wildman–Crippen LogP) is 0.724. The van der Waals surface area contributed by atoms with Gasteiger partial charge in [-0.05, 0) is 12.2 Å². The molecule has 13 heavy (non-hydrogen) atoms. The van der Waals surface area contributed by atoms with Gasteiger partial charge >= 0.3 is 0 Å². The normalized spacial score (nSPS) is 34.8. The van der Waals surface area contributed by atoms with E-state index >= 15 is 0 Å². The van der Waals surface area contributed by atoms with E-state index in [0.29, 0.717) is 19.8 Å². The number of ether oxygens (including phenoxy) is 2. The van der Waals surface area contributed by atoms with Crippen molar-refractivity contribution in [3.8, 4) is 0 Å². The van der Waals surface area contributed by atoms with Gasteiger partial charge < -0.3 is 9.47 Å². The Balaban J connectivity index is 1.87. The third-order valence-corrected chi connectivity index (χ3v) is 3.63. The lowest BCUT2D eigenvalue weighted by Gasteiger charge is -2.23. The standard InChI is InChI=1S/C9H14O3S/c10-9(7-1-4-13-6-7)8-5-11-2-3-12-8/h7-8H,1-6H2. The minimum atomic E-state index is -0.280. The summed E-state index contributed by atoms with van der Waals surface area (Å²) in [6.45, 7) is 1.65. The average Bonchev–Trinajstić information content (AvgIpc) is 2.71. The number of thioether (sulfide) groups is 1. The molecule has 4 heteroatoms. The Morgan fingerprint density at radius 2 is 2.31 bits per heavy atom. The number of hydrogen-bond acceptors (Lipinski definition) is 4. The zero-order valence-corrected chi connectivity index (χ0v) is 8.35. The second-order valence-electron chi connectivity index (χ2n) is 3.40. The molecule has 0 bridgehead atoms. The summed E-state index contributed by atoms with van der Waals surface area (Å²) in [5, 5.41) is 0. The molecule has 0 aromatic carbocycles. The van der Waals surface area contributed by atoms with Gasteiger partial charge in [0.15, 0.2) is 5.78 Å². The summed E-state index contributed by atoms with van der Waals surface area (Å²) in [7, 11) is 0. The molecule has 2 aliphatic heterocycles. The van der Waals surface area contributed by atoms with E-state index in [1.54, 1.807) is 0 Å². The maximum absolute atomic E-state index is 11.8. The van der Waals surface area contributed by atoms with E-state index in [0.717, 1.165) is 17.9 Å². The first-order valence-electron chi connectivity index (χ1n) is 4.69. The molecule has 0 spiro atoms. The third-order valence-electron chi connectivity index (χ3n) is 2.47. The van der Waals surface area contributed by atoms with Crippen molar-refractivity contribution in [3.63, 3.8) is 0 Å². The molecule has 0 aromatic heterocycles. The number of rotatable bonds is 2. The summed E-state index contributed by atoms with van der Waals surface area (Å²) in [6, 6.07) is 0. The van der Waals surface area contributed by atoms with Crippen LogP contribution in [0.2, 0.25) is 0 Å². The molecule has 3 nitrogen and oxygen atoms in total. The highest BCUT2D eigenvalue weighted by Gasteiger charge is 2.31. The fourth-order valence-electron chi connectivity index (χ4n) is 1.67. The lowest BCUT2D eigenvalue weighted by molar-refractivity contribution is -0.148. The fraction of sp³-hybridized carbons (Fsp3) is 0.889. The Morgan fingerprint density at radius 1 is 1.38 bits per heavy atom. The van der Waals surface area contributed by atoms with E-state index < -0.39 is 0 Å². The molecule has 0 radical (unpaired) electrons. The minimum absolute atomic E-state index is 0.219. The van der Waals surface area contributed by atoms with Crippen LogP contribution in [-0.4, -0.2) is 43.2 Å². The van der Waals surface area contributed by atoms with E-state index in [1.165, 1.54) is 0 Å². The maximum atomic E-state index is 11.8. The van der Waals surface area contributed by atoms with Gasteiger partial charge in [0.05, 0.1) is 19.8 Å². The van der Waals surface area contributed by atoms with Crippen LogP contribution in [0.5, 0.6) is 0 Å². The van der Waals surface area contributed by atoms with Crippen LogP contribution in [0.4, 0.5) is 0 Å². The number of carbonyl (C=O) groups excluding carboxylic acids is 1. The van der Waals surface area contributed by atoms with Crippen LogP contribution in [0.1, 0.15) is 6.42 Å². The lowest BCUT2D eigenvalue weighted by Crippen LogP contribution is -2.39. The first kappa shape index (κ1) is 9.49. The zero-order valence-electron chi connectivity index (χ0n) is 7.53. The summed E-state index contributed by atoms with van der Waals surface area (Å²) in [5.74, 6) is 2.56. The fourth-order valence-corrected chi connectivity index (χ4v) is 2.91. The molecule has 0 saturated carbocycles. The Hall–Kier alpha value is -0.0600. The quantitative estimate of drug-likeness (QED) is 0.661. The Bertz CT molecular complexity index is 183. The van der Waals surface area contributed by atoms with E-state index in [1.807, 2.05) is 11.8 Å². The molecule has 2 aliphatic rings. The van der Waals surface area contributed by atoms with Crippen molar-refractivity contribution in [3.05, 3.63) is 0 Å². The van der Waals surface area contributed by atoms with Gasteiger partial charge in [0.2, 0.25) is 0 Å².